The molecule has 0 spiro atoms. The van der Waals surface area contributed by atoms with Crippen molar-refractivity contribution in [3.8, 4) is 0 Å². The van der Waals surface area contributed by atoms with E-state index in [1.54, 1.807) is 17.0 Å². The van der Waals surface area contributed by atoms with Crippen LogP contribution < -0.4 is 5.32 Å². The molecule has 1 aromatic carbocycles. The van der Waals surface area contributed by atoms with Gasteiger partial charge < -0.3 is 15.0 Å². The van der Waals surface area contributed by atoms with E-state index in [9.17, 15) is 9.59 Å². The highest BCUT2D eigenvalue weighted by molar-refractivity contribution is 5.95. The molecule has 0 bridgehead atoms. The summed E-state index contributed by atoms with van der Waals surface area (Å²) < 4.78 is 4.74. The molecular weight excluding hydrogens is 403 g/mol. The van der Waals surface area contributed by atoms with Gasteiger partial charge in [0.25, 0.3) is 5.91 Å². The van der Waals surface area contributed by atoms with Gasteiger partial charge in [-0.1, -0.05) is 12.1 Å². The first-order valence-electron chi connectivity index (χ1n) is 8.80. The maximum Gasteiger partial charge on any atom is 0.337 e. The predicted molar refractivity (Wildman–Crippen MR) is 109 cm³/mol. The number of benzene rings is 1. The largest absolute Gasteiger partial charge is 0.465 e. The number of ether oxygens (including phenoxy) is 1. The number of halogens is 2. The number of carbonyl (C=O) groups excluding carboxylic acids is 2. The molecule has 2 heterocycles. The minimum atomic E-state index is -0.360. The van der Waals surface area contributed by atoms with Crippen molar-refractivity contribution in [1.82, 2.24) is 20.4 Å². The fraction of sp³-hybridized carbons (Fsp3) is 0.421. The number of hydrogen-bond donors (Lipinski definition) is 2. The van der Waals surface area contributed by atoms with Crippen molar-refractivity contribution in [3.05, 3.63) is 52.3 Å². The summed E-state index contributed by atoms with van der Waals surface area (Å²) in [4.78, 5) is 26.5. The monoisotopic (exact) mass is 426 g/mol. The van der Waals surface area contributed by atoms with Gasteiger partial charge in [-0.2, -0.15) is 5.10 Å². The van der Waals surface area contributed by atoms with Crippen LogP contribution in [0.25, 0.3) is 0 Å². The second kappa shape index (κ2) is 8.51. The third kappa shape index (κ3) is 3.62. The van der Waals surface area contributed by atoms with E-state index in [1.165, 1.54) is 7.11 Å². The van der Waals surface area contributed by atoms with Crippen LogP contribution in [-0.4, -0.2) is 47.7 Å². The van der Waals surface area contributed by atoms with Gasteiger partial charge in [-0.15, -0.1) is 24.8 Å². The third-order valence-corrected chi connectivity index (χ3v) is 5.52. The maximum absolute atomic E-state index is 13.1. The van der Waals surface area contributed by atoms with E-state index in [2.05, 4.69) is 15.5 Å². The minimum Gasteiger partial charge on any atom is -0.465 e. The van der Waals surface area contributed by atoms with Crippen LogP contribution in [0.5, 0.6) is 0 Å². The molecule has 4 rings (SSSR count). The molecular formula is C19H24Cl2N4O3. The molecule has 0 unspecified atom stereocenters. The first-order chi connectivity index (χ1) is 12.6. The summed E-state index contributed by atoms with van der Waals surface area (Å²) in [7, 11) is 3.20. The van der Waals surface area contributed by atoms with E-state index >= 15 is 0 Å². The molecule has 2 aliphatic rings. The number of nitrogens with one attached hydrogen (secondary N) is 2. The van der Waals surface area contributed by atoms with Crippen LogP contribution in [0.1, 0.15) is 50.5 Å². The van der Waals surface area contributed by atoms with Crippen LogP contribution in [0, 0.1) is 0 Å². The topological polar surface area (TPSA) is 87.3 Å². The lowest BCUT2D eigenvalue weighted by atomic mass is 10.00. The van der Waals surface area contributed by atoms with E-state index in [-0.39, 0.29) is 42.2 Å². The van der Waals surface area contributed by atoms with Crippen LogP contribution >= 0.6 is 24.8 Å². The fourth-order valence-electron chi connectivity index (χ4n) is 3.73. The zero-order valence-electron chi connectivity index (χ0n) is 15.8. The maximum atomic E-state index is 13.1. The quantitative estimate of drug-likeness (QED) is 0.732. The Morgan fingerprint density at radius 2 is 1.86 bits per heavy atom. The smallest absolute Gasteiger partial charge is 0.337 e. The number of esters is 1. The number of H-pyrrole nitrogens is 1. The molecule has 0 atom stereocenters. The normalized spacial score (nSPS) is 16.1. The Morgan fingerprint density at radius 3 is 2.46 bits per heavy atom. The summed E-state index contributed by atoms with van der Waals surface area (Å²) in [5.74, 6) is -0.428. The zero-order valence-corrected chi connectivity index (χ0v) is 17.4. The molecule has 2 aromatic rings. The summed E-state index contributed by atoms with van der Waals surface area (Å²) >= 11 is 0. The average molecular weight is 427 g/mol. The van der Waals surface area contributed by atoms with Crippen molar-refractivity contribution in [1.29, 1.82) is 0 Å². The summed E-state index contributed by atoms with van der Waals surface area (Å²) in [5.41, 5.74) is 3.75. The molecule has 1 fully saturated rings. The molecule has 1 saturated carbocycles. The van der Waals surface area contributed by atoms with Gasteiger partial charge in [0.15, 0.2) is 5.69 Å². The first kappa shape index (κ1) is 22.2. The third-order valence-electron chi connectivity index (χ3n) is 5.52. The van der Waals surface area contributed by atoms with Crippen LogP contribution in [0.15, 0.2) is 24.3 Å². The summed E-state index contributed by atoms with van der Waals surface area (Å²) in [5, 5.41) is 10.6. The Labute approximate surface area is 176 Å². The lowest BCUT2D eigenvalue weighted by Crippen LogP contribution is -2.38. The van der Waals surface area contributed by atoms with Crippen molar-refractivity contribution in [2.45, 2.75) is 31.3 Å². The standard InChI is InChI=1S/C19H22N4O3.2ClH/c1-23(17(24)16-14-11-20-10-7-15(14)21-22-16)19(8-9-19)13-5-3-12(4-6-13)18(25)26-2;;/h3-6,20H,7-11H2,1-2H3,(H,21,22);2*1H. The van der Waals surface area contributed by atoms with Gasteiger partial charge >= 0.3 is 5.97 Å². The van der Waals surface area contributed by atoms with E-state index in [1.807, 2.05) is 19.2 Å². The number of fused-ring (bicyclic) bond motifs is 1. The lowest BCUT2D eigenvalue weighted by molar-refractivity contribution is 0.0599. The predicted octanol–water partition coefficient (Wildman–Crippen LogP) is 2.45. The minimum absolute atomic E-state index is 0. The number of nitrogens with zero attached hydrogens (tertiary/aromatic N) is 2. The molecule has 28 heavy (non-hydrogen) atoms. The molecule has 9 heteroatoms. The van der Waals surface area contributed by atoms with Gasteiger partial charge in [0.1, 0.15) is 0 Å². The lowest BCUT2D eigenvalue weighted by Gasteiger charge is -2.29. The van der Waals surface area contributed by atoms with Crippen molar-refractivity contribution >= 4 is 36.7 Å². The second-order valence-corrected chi connectivity index (χ2v) is 6.92. The number of rotatable bonds is 4. The number of amides is 1. The Hall–Kier alpha value is -2.09. The van der Waals surface area contributed by atoms with Gasteiger partial charge in [-0.3, -0.25) is 9.89 Å². The van der Waals surface area contributed by atoms with E-state index in [0.717, 1.165) is 42.6 Å². The number of hydrogen-bond acceptors (Lipinski definition) is 5. The molecule has 1 amide bonds. The molecule has 0 saturated heterocycles. The van der Waals surface area contributed by atoms with Crippen LogP contribution in [-0.2, 0) is 23.2 Å². The van der Waals surface area contributed by atoms with Gasteiger partial charge in [0, 0.05) is 37.8 Å². The van der Waals surface area contributed by atoms with Crippen LogP contribution in [0.2, 0.25) is 0 Å². The molecule has 1 aliphatic heterocycles. The highest BCUT2D eigenvalue weighted by Gasteiger charge is 2.50. The summed E-state index contributed by atoms with van der Waals surface area (Å²) in [6.07, 6.45) is 2.66. The number of aromatic amines is 1. The van der Waals surface area contributed by atoms with Crippen molar-refractivity contribution < 1.29 is 14.3 Å². The Bertz CT molecular complexity index is 863. The van der Waals surface area contributed by atoms with Crippen molar-refractivity contribution in [2.75, 3.05) is 20.7 Å². The van der Waals surface area contributed by atoms with Crippen molar-refractivity contribution in [2.24, 2.45) is 0 Å². The number of aromatic nitrogens is 2. The Kier molecular flexibility index (Phi) is 6.75. The Morgan fingerprint density at radius 1 is 1.18 bits per heavy atom. The zero-order chi connectivity index (χ0) is 18.3. The molecule has 2 N–H and O–H groups in total. The molecule has 1 aliphatic carbocycles. The highest BCUT2D eigenvalue weighted by atomic mass is 35.5. The number of carbonyl (C=O) groups is 2. The molecule has 1 aromatic heterocycles. The fourth-order valence-corrected chi connectivity index (χ4v) is 3.73. The SMILES string of the molecule is COC(=O)c1ccc(C2(N(C)C(=O)c3n[nH]c4c3CNCC4)CC2)cc1.Cl.Cl. The molecule has 152 valence electrons. The average Bonchev–Trinajstić information content (AvgIpc) is 3.39. The molecule has 7 nitrogen and oxygen atoms in total. The van der Waals surface area contributed by atoms with E-state index in [4.69, 9.17) is 4.74 Å². The Balaban J connectivity index is 0.00000140. The van der Waals surface area contributed by atoms with Gasteiger partial charge in [-0.05, 0) is 30.5 Å². The van der Waals surface area contributed by atoms with E-state index in [0.29, 0.717) is 17.8 Å². The van der Waals surface area contributed by atoms with Gasteiger partial charge in [0.05, 0.1) is 18.2 Å². The molecule has 0 radical (unpaired) electrons. The second-order valence-electron chi connectivity index (χ2n) is 6.92. The highest BCUT2D eigenvalue weighted by Crippen LogP contribution is 2.50. The number of methoxy groups -OCH3 is 1. The van der Waals surface area contributed by atoms with Crippen LogP contribution in [0.4, 0.5) is 0 Å². The summed E-state index contributed by atoms with van der Waals surface area (Å²) in [6, 6.07) is 7.31. The van der Waals surface area contributed by atoms with Gasteiger partial charge in [0.2, 0.25) is 0 Å². The summed E-state index contributed by atoms with van der Waals surface area (Å²) in [6.45, 7) is 1.57. The van der Waals surface area contributed by atoms with Gasteiger partial charge in [-0.25, -0.2) is 4.79 Å². The van der Waals surface area contributed by atoms with Crippen LogP contribution in [0.3, 0.4) is 0 Å². The van der Waals surface area contributed by atoms with E-state index < -0.39 is 0 Å². The van der Waals surface area contributed by atoms with Crippen molar-refractivity contribution in [3.63, 3.8) is 0 Å². The first-order valence-corrected chi connectivity index (χ1v) is 8.80.